The molecule has 2 N–H and O–H groups in total. The third-order valence-electron chi connectivity index (χ3n) is 3.52. The predicted octanol–water partition coefficient (Wildman–Crippen LogP) is 5.05. The molecule has 0 atom stereocenters. The second-order valence-electron chi connectivity index (χ2n) is 5.54. The standard InChI is InChI=1S/C18H17BrClF2IN2O4/c1-27-4-5-28-6-7-29-25-18(26)11-9-12(19)15(21)16(22)17(11)24-14-3-2-10(23)8-13(14)20/h2-3,8-9,24H,4-7H2,1H3,(H,25,26). The molecular formula is C18H17BrClF2IN2O4. The van der Waals surface area contributed by atoms with E-state index in [9.17, 15) is 13.6 Å². The number of halogens is 5. The lowest BCUT2D eigenvalue weighted by Crippen LogP contribution is -2.27. The Morgan fingerprint density at radius 1 is 1.17 bits per heavy atom. The van der Waals surface area contributed by atoms with Crippen molar-refractivity contribution in [2.45, 2.75) is 0 Å². The quantitative estimate of drug-likeness (QED) is 0.172. The number of benzene rings is 2. The molecule has 11 heteroatoms. The van der Waals surface area contributed by atoms with Gasteiger partial charge in [0.25, 0.3) is 5.91 Å². The van der Waals surface area contributed by atoms with E-state index in [0.29, 0.717) is 18.9 Å². The van der Waals surface area contributed by atoms with Crippen LogP contribution in [0.5, 0.6) is 0 Å². The summed E-state index contributed by atoms with van der Waals surface area (Å²) < 4.78 is 39.3. The summed E-state index contributed by atoms with van der Waals surface area (Å²) >= 11 is 11.1. The van der Waals surface area contributed by atoms with Crippen LogP contribution in [-0.2, 0) is 14.3 Å². The van der Waals surface area contributed by atoms with Gasteiger partial charge in [-0.15, -0.1) is 0 Å². The summed E-state index contributed by atoms with van der Waals surface area (Å²) in [6.07, 6.45) is 0. The zero-order chi connectivity index (χ0) is 21.4. The van der Waals surface area contributed by atoms with Crippen molar-refractivity contribution in [1.82, 2.24) is 5.48 Å². The minimum absolute atomic E-state index is 0.0615. The van der Waals surface area contributed by atoms with Crippen molar-refractivity contribution in [3.8, 4) is 0 Å². The van der Waals surface area contributed by atoms with Gasteiger partial charge in [0.05, 0.1) is 52.9 Å². The van der Waals surface area contributed by atoms with Crippen molar-refractivity contribution in [3.63, 3.8) is 0 Å². The van der Waals surface area contributed by atoms with Gasteiger partial charge in [0.15, 0.2) is 11.6 Å². The predicted molar refractivity (Wildman–Crippen MR) is 118 cm³/mol. The van der Waals surface area contributed by atoms with E-state index >= 15 is 0 Å². The van der Waals surface area contributed by atoms with Crippen LogP contribution in [0, 0.1) is 15.2 Å². The highest BCUT2D eigenvalue weighted by atomic mass is 127. The summed E-state index contributed by atoms with van der Waals surface area (Å²) in [4.78, 5) is 17.5. The number of ether oxygens (including phenoxy) is 2. The fourth-order valence-corrected chi connectivity index (χ4v) is 3.44. The van der Waals surface area contributed by atoms with Gasteiger partial charge in [0.1, 0.15) is 0 Å². The number of nitrogens with one attached hydrogen (secondary N) is 2. The van der Waals surface area contributed by atoms with Crippen LogP contribution < -0.4 is 10.8 Å². The molecule has 0 heterocycles. The van der Waals surface area contributed by atoms with Gasteiger partial charge in [0, 0.05) is 10.7 Å². The monoisotopic (exact) mass is 604 g/mol. The summed E-state index contributed by atoms with van der Waals surface area (Å²) in [5.74, 6) is -3.15. The van der Waals surface area contributed by atoms with E-state index in [1.54, 1.807) is 25.3 Å². The first-order valence-electron chi connectivity index (χ1n) is 8.23. The zero-order valence-electron chi connectivity index (χ0n) is 15.2. The number of carbonyl (C=O) groups is 1. The summed E-state index contributed by atoms with van der Waals surface area (Å²) in [5, 5.41) is 2.97. The first-order chi connectivity index (χ1) is 13.8. The van der Waals surface area contributed by atoms with Gasteiger partial charge in [-0.1, -0.05) is 11.6 Å². The summed E-state index contributed by atoms with van der Waals surface area (Å²) in [7, 11) is 1.55. The highest BCUT2D eigenvalue weighted by Crippen LogP contribution is 2.34. The van der Waals surface area contributed by atoms with Gasteiger partial charge in [-0.05, 0) is 62.8 Å². The fourth-order valence-electron chi connectivity index (χ4n) is 2.14. The molecule has 0 aromatic heterocycles. The van der Waals surface area contributed by atoms with Gasteiger partial charge in [-0.25, -0.2) is 14.3 Å². The average Bonchev–Trinajstić information content (AvgIpc) is 2.69. The number of hydroxylamine groups is 1. The van der Waals surface area contributed by atoms with Gasteiger partial charge in [0.2, 0.25) is 0 Å². The molecule has 1 amide bonds. The van der Waals surface area contributed by atoms with E-state index in [1.165, 1.54) is 0 Å². The van der Waals surface area contributed by atoms with Crippen LogP contribution in [0.1, 0.15) is 10.4 Å². The van der Waals surface area contributed by atoms with Crippen molar-refractivity contribution in [1.29, 1.82) is 0 Å². The Balaban J connectivity index is 2.15. The Labute approximate surface area is 193 Å². The largest absolute Gasteiger partial charge is 0.382 e. The third kappa shape index (κ3) is 7.00. The molecule has 0 saturated heterocycles. The highest BCUT2D eigenvalue weighted by Gasteiger charge is 2.23. The van der Waals surface area contributed by atoms with E-state index in [1.807, 2.05) is 0 Å². The fraction of sp³-hybridized carbons (Fsp3) is 0.278. The van der Waals surface area contributed by atoms with Crippen LogP contribution in [0.3, 0.4) is 0 Å². The maximum Gasteiger partial charge on any atom is 0.277 e. The van der Waals surface area contributed by atoms with E-state index in [2.05, 4.69) is 49.3 Å². The Hall–Kier alpha value is -1.05. The zero-order valence-corrected chi connectivity index (χ0v) is 19.7. The van der Waals surface area contributed by atoms with Crippen molar-refractivity contribution in [2.75, 3.05) is 38.9 Å². The van der Waals surface area contributed by atoms with E-state index < -0.39 is 17.5 Å². The van der Waals surface area contributed by atoms with Gasteiger partial charge >= 0.3 is 0 Å². The van der Waals surface area contributed by atoms with Crippen LogP contribution in [0.15, 0.2) is 28.7 Å². The Morgan fingerprint density at radius 2 is 1.90 bits per heavy atom. The normalized spacial score (nSPS) is 10.8. The van der Waals surface area contributed by atoms with Gasteiger partial charge in [-0.3, -0.25) is 9.63 Å². The lowest BCUT2D eigenvalue weighted by Gasteiger charge is -2.15. The second kappa shape index (κ2) is 12.0. The van der Waals surface area contributed by atoms with Crippen LogP contribution in [0.4, 0.5) is 20.2 Å². The Morgan fingerprint density at radius 3 is 2.59 bits per heavy atom. The average molecular weight is 606 g/mol. The SMILES string of the molecule is COCCOCCONC(=O)c1cc(Br)c(F)c(F)c1Nc1ccc(I)cc1Cl. The maximum atomic E-state index is 14.6. The van der Waals surface area contributed by atoms with Crippen LogP contribution in [-0.4, -0.2) is 39.4 Å². The van der Waals surface area contributed by atoms with Gasteiger partial charge in [-0.2, -0.15) is 0 Å². The minimum atomic E-state index is -1.23. The van der Waals surface area contributed by atoms with Crippen molar-refractivity contribution in [2.24, 2.45) is 0 Å². The Bertz CT molecular complexity index is 876. The summed E-state index contributed by atoms with van der Waals surface area (Å²) in [5.41, 5.74) is 1.95. The molecule has 0 aliphatic carbocycles. The first-order valence-corrected chi connectivity index (χ1v) is 10.5. The molecule has 0 aliphatic rings. The topological polar surface area (TPSA) is 68.8 Å². The summed E-state index contributed by atoms with van der Waals surface area (Å²) in [6, 6.07) is 6.12. The molecular weight excluding hydrogens is 588 g/mol. The molecule has 0 saturated carbocycles. The first kappa shape index (κ1) is 24.2. The minimum Gasteiger partial charge on any atom is -0.382 e. The number of hydrogen-bond acceptors (Lipinski definition) is 5. The lowest BCUT2D eigenvalue weighted by molar-refractivity contribution is -0.00937. The molecule has 2 aromatic rings. The van der Waals surface area contributed by atoms with Gasteiger partial charge < -0.3 is 14.8 Å². The Kier molecular flexibility index (Phi) is 9.99. The molecule has 6 nitrogen and oxygen atoms in total. The molecule has 0 aliphatic heterocycles. The number of carbonyl (C=O) groups excluding carboxylic acids is 1. The van der Waals surface area contributed by atoms with E-state index in [0.717, 1.165) is 9.64 Å². The molecule has 0 bridgehead atoms. The van der Waals surface area contributed by atoms with Crippen LogP contribution in [0.2, 0.25) is 5.02 Å². The molecule has 0 fully saturated rings. The van der Waals surface area contributed by atoms with Crippen molar-refractivity contribution >= 4 is 67.4 Å². The number of rotatable bonds is 10. The van der Waals surface area contributed by atoms with Crippen molar-refractivity contribution < 1.29 is 27.9 Å². The lowest BCUT2D eigenvalue weighted by atomic mass is 10.1. The molecule has 2 aromatic carbocycles. The maximum absolute atomic E-state index is 14.6. The molecule has 0 unspecified atom stereocenters. The smallest absolute Gasteiger partial charge is 0.277 e. The number of amides is 1. The molecule has 0 radical (unpaired) electrons. The summed E-state index contributed by atoms with van der Waals surface area (Å²) in [6.45, 7) is 1.10. The number of methoxy groups -OCH3 is 1. The van der Waals surface area contributed by atoms with Crippen molar-refractivity contribution in [3.05, 3.63) is 54.5 Å². The molecule has 29 heavy (non-hydrogen) atoms. The second-order valence-corrected chi connectivity index (χ2v) is 8.05. The van der Waals surface area contributed by atoms with E-state index in [-0.39, 0.29) is 34.0 Å². The molecule has 0 spiro atoms. The number of anilines is 2. The third-order valence-corrected chi connectivity index (χ3v) is 5.08. The van der Waals surface area contributed by atoms with Crippen LogP contribution >= 0.6 is 50.1 Å². The molecule has 158 valence electrons. The van der Waals surface area contributed by atoms with Crippen LogP contribution in [0.25, 0.3) is 0 Å². The number of hydrogen-bond donors (Lipinski definition) is 2. The highest BCUT2D eigenvalue weighted by molar-refractivity contribution is 14.1. The molecule has 2 rings (SSSR count). The van der Waals surface area contributed by atoms with E-state index in [4.69, 9.17) is 25.9 Å².